The first-order valence-corrected chi connectivity index (χ1v) is 11.6. The van der Waals surface area contributed by atoms with Crippen molar-refractivity contribution in [3.8, 4) is 0 Å². The highest BCUT2D eigenvalue weighted by Crippen LogP contribution is 2.78. The third-order valence-electron chi connectivity index (χ3n) is 9.53. The van der Waals surface area contributed by atoms with E-state index in [1.165, 1.54) is 13.8 Å². The largest absolute Gasteiger partial charge is 0.457 e. The van der Waals surface area contributed by atoms with Crippen LogP contribution in [-0.2, 0) is 23.8 Å². The van der Waals surface area contributed by atoms with Gasteiger partial charge in [-0.2, -0.15) is 0 Å². The van der Waals surface area contributed by atoms with Gasteiger partial charge >= 0.3 is 11.9 Å². The number of fused-ring (bicyclic) bond motifs is 2. The van der Waals surface area contributed by atoms with Crippen LogP contribution in [0.4, 0.5) is 0 Å². The van der Waals surface area contributed by atoms with E-state index >= 15 is 0 Å². The van der Waals surface area contributed by atoms with E-state index in [2.05, 4.69) is 6.58 Å². The molecule has 4 aliphatic carbocycles. The van der Waals surface area contributed by atoms with Crippen molar-refractivity contribution in [1.29, 1.82) is 0 Å². The van der Waals surface area contributed by atoms with Crippen molar-refractivity contribution in [2.24, 2.45) is 34.0 Å². The van der Waals surface area contributed by atoms with Gasteiger partial charge in [0.2, 0.25) is 5.79 Å². The number of ether oxygens (including phenoxy) is 3. The Kier molecular flexibility index (Phi) is 4.57. The molecule has 4 saturated carbocycles. The van der Waals surface area contributed by atoms with Crippen LogP contribution in [0.15, 0.2) is 12.2 Å². The van der Waals surface area contributed by atoms with E-state index in [0.717, 1.165) is 12.0 Å². The summed E-state index contributed by atoms with van der Waals surface area (Å²) < 4.78 is 17.8. The smallest absolute Gasteiger partial charge is 0.303 e. The lowest BCUT2D eigenvalue weighted by Crippen LogP contribution is -2.85. The second kappa shape index (κ2) is 6.56. The molecule has 0 aromatic heterocycles. The summed E-state index contributed by atoms with van der Waals surface area (Å²) in [5.41, 5.74) is -1.92. The first kappa shape index (κ1) is 22.3. The van der Waals surface area contributed by atoms with E-state index in [1.807, 2.05) is 13.8 Å². The Morgan fingerprint density at radius 1 is 1.09 bits per heavy atom. The average molecular weight is 451 g/mol. The van der Waals surface area contributed by atoms with E-state index in [-0.39, 0.29) is 18.4 Å². The van der Waals surface area contributed by atoms with Gasteiger partial charge in [0.25, 0.3) is 0 Å². The number of hydrogen-bond donors (Lipinski definition) is 3. The summed E-state index contributed by atoms with van der Waals surface area (Å²) in [5.74, 6) is -3.71. The quantitative estimate of drug-likeness (QED) is 0.425. The van der Waals surface area contributed by atoms with Gasteiger partial charge in [0.15, 0.2) is 6.10 Å². The van der Waals surface area contributed by atoms with Gasteiger partial charge in [-0.05, 0) is 48.5 Å². The van der Waals surface area contributed by atoms with Crippen molar-refractivity contribution in [2.45, 2.75) is 83.6 Å². The van der Waals surface area contributed by atoms with Gasteiger partial charge < -0.3 is 29.5 Å². The standard InChI is InChI=1S/C24H34O8/c1-11-14-6-7-16-22-10-30-24(29,23(16,8-14)19(11)31-12(2)25)20(32-13(3)26)17(22)21(4,5)9-15(27)18(22)28/h14-20,27-29H,1,6-10H2,2-5H3/t14-,15-,16+,17-,18-,19+,20+,22+,23+,24-/m1/s1. The second-order valence-electron chi connectivity index (χ2n) is 11.4. The monoisotopic (exact) mass is 450 g/mol. The maximum Gasteiger partial charge on any atom is 0.303 e. The molecule has 2 aliphatic heterocycles. The van der Waals surface area contributed by atoms with E-state index < -0.39 is 64.3 Å². The van der Waals surface area contributed by atoms with Crippen molar-refractivity contribution < 1.29 is 39.1 Å². The first-order valence-electron chi connectivity index (χ1n) is 11.6. The number of carbonyl (C=O) groups excluding carboxylic acids is 2. The van der Waals surface area contributed by atoms with Crippen LogP contribution < -0.4 is 0 Å². The van der Waals surface area contributed by atoms with Crippen molar-refractivity contribution >= 4 is 11.9 Å². The molecule has 8 nitrogen and oxygen atoms in total. The van der Waals surface area contributed by atoms with Crippen LogP contribution in [0.2, 0.25) is 0 Å². The maximum atomic E-state index is 12.3. The Morgan fingerprint density at radius 3 is 2.38 bits per heavy atom. The highest BCUT2D eigenvalue weighted by Gasteiger charge is 2.86. The molecular formula is C24H34O8. The fraction of sp³-hybridized carbons (Fsp3) is 0.833. The van der Waals surface area contributed by atoms with Crippen LogP contribution in [0, 0.1) is 34.0 Å². The second-order valence-corrected chi connectivity index (χ2v) is 11.4. The van der Waals surface area contributed by atoms with Gasteiger partial charge in [-0.25, -0.2) is 0 Å². The average Bonchev–Trinajstić information content (AvgIpc) is 2.88. The van der Waals surface area contributed by atoms with Crippen LogP contribution >= 0.6 is 0 Å². The van der Waals surface area contributed by atoms with Crippen molar-refractivity contribution in [2.75, 3.05) is 6.61 Å². The highest BCUT2D eigenvalue weighted by molar-refractivity contribution is 5.67. The third kappa shape index (κ3) is 2.37. The minimum absolute atomic E-state index is 0.0223. The summed E-state index contributed by atoms with van der Waals surface area (Å²) in [5, 5.41) is 34.8. The first-order chi connectivity index (χ1) is 14.8. The van der Waals surface area contributed by atoms with E-state index in [9.17, 15) is 24.9 Å². The molecule has 3 N–H and O–H groups in total. The number of hydrogen-bond acceptors (Lipinski definition) is 8. The van der Waals surface area contributed by atoms with Crippen LogP contribution in [-0.4, -0.2) is 64.1 Å². The molecule has 0 unspecified atom stereocenters. The summed E-state index contributed by atoms with van der Waals surface area (Å²) in [6, 6.07) is 0. The Hall–Kier alpha value is -1.48. The third-order valence-corrected chi connectivity index (χ3v) is 9.53. The number of rotatable bonds is 2. The lowest BCUT2D eigenvalue weighted by molar-refractivity contribution is -0.469. The van der Waals surface area contributed by atoms with Crippen LogP contribution in [0.25, 0.3) is 0 Å². The minimum Gasteiger partial charge on any atom is -0.457 e. The number of aliphatic hydroxyl groups is 3. The van der Waals surface area contributed by atoms with E-state index in [0.29, 0.717) is 19.3 Å². The molecule has 32 heavy (non-hydrogen) atoms. The molecule has 2 spiro atoms. The fourth-order valence-electron chi connectivity index (χ4n) is 8.81. The molecule has 0 amide bonds. The topological polar surface area (TPSA) is 123 Å². The molecule has 178 valence electrons. The molecule has 10 atom stereocenters. The van der Waals surface area contributed by atoms with Gasteiger partial charge in [-0.15, -0.1) is 0 Å². The Morgan fingerprint density at radius 2 is 1.75 bits per heavy atom. The fourth-order valence-corrected chi connectivity index (χ4v) is 8.81. The molecule has 2 saturated heterocycles. The van der Waals surface area contributed by atoms with Crippen LogP contribution in [0.5, 0.6) is 0 Å². The molecule has 0 aromatic rings. The Labute approximate surface area is 187 Å². The molecule has 6 rings (SSSR count). The highest BCUT2D eigenvalue weighted by atomic mass is 16.7. The van der Waals surface area contributed by atoms with Crippen molar-refractivity contribution in [3.05, 3.63) is 12.2 Å². The zero-order valence-electron chi connectivity index (χ0n) is 19.2. The maximum absolute atomic E-state index is 12.3. The predicted molar refractivity (Wildman–Crippen MR) is 111 cm³/mol. The van der Waals surface area contributed by atoms with Gasteiger partial charge in [0.1, 0.15) is 6.10 Å². The van der Waals surface area contributed by atoms with Crippen molar-refractivity contribution in [3.63, 3.8) is 0 Å². The SMILES string of the molecule is C=C1[C@@H]2CC[C@H]3[C@@]45CO[C@](O)([C@@H](OC(C)=O)[C@@H]4C(C)(C)C[C@@H](O)[C@H]5O)[C@]3(C2)[C@H]1OC(C)=O. The van der Waals surface area contributed by atoms with Crippen LogP contribution in [0.3, 0.4) is 0 Å². The number of esters is 2. The molecule has 6 aliphatic rings. The van der Waals surface area contributed by atoms with Gasteiger partial charge in [0, 0.05) is 25.2 Å². The van der Waals surface area contributed by atoms with Crippen molar-refractivity contribution in [1.82, 2.24) is 0 Å². The summed E-state index contributed by atoms with van der Waals surface area (Å²) in [7, 11) is 0. The summed E-state index contributed by atoms with van der Waals surface area (Å²) in [4.78, 5) is 24.4. The lowest BCUT2D eigenvalue weighted by Gasteiger charge is -2.75. The molecule has 6 fully saturated rings. The van der Waals surface area contributed by atoms with Gasteiger partial charge in [-0.3, -0.25) is 9.59 Å². The predicted octanol–water partition coefficient (Wildman–Crippen LogP) is 1.31. The number of carbonyl (C=O) groups is 2. The molecule has 0 aromatic carbocycles. The zero-order chi connectivity index (χ0) is 23.4. The van der Waals surface area contributed by atoms with E-state index in [1.54, 1.807) is 0 Å². The zero-order valence-corrected chi connectivity index (χ0v) is 19.2. The Bertz CT molecular complexity index is 883. The molecule has 8 heteroatoms. The summed E-state index contributed by atoms with van der Waals surface area (Å²) >= 11 is 0. The van der Waals surface area contributed by atoms with E-state index in [4.69, 9.17) is 14.2 Å². The minimum atomic E-state index is -1.91. The lowest BCUT2D eigenvalue weighted by atomic mass is 9.35. The molecule has 2 heterocycles. The molecule has 4 bridgehead atoms. The van der Waals surface area contributed by atoms with Gasteiger partial charge in [0.05, 0.1) is 24.2 Å². The molecule has 0 radical (unpaired) electrons. The molecular weight excluding hydrogens is 416 g/mol. The summed E-state index contributed by atoms with van der Waals surface area (Å²) in [6.45, 7) is 10.8. The Balaban J connectivity index is 1.78. The number of aliphatic hydroxyl groups excluding tert-OH is 2. The van der Waals surface area contributed by atoms with Gasteiger partial charge in [-0.1, -0.05) is 20.4 Å². The normalized spacial score (nSPS) is 52.7. The summed E-state index contributed by atoms with van der Waals surface area (Å²) in [6.07, 6.45) is -1.81. The van der Waals surface area contributed by atoms with Crippen LogP contribution in [0.1, 0.15) is 53.4 Å².